The van der Waals surface area contributed by atoms with Gasteiger partial charge in [0.25, 0.3) is 0 Å². The standard InChI is InChI=1S/C12H17NO3/c1-12(2,3)10(11(14)15)16-9-6-4-8(13)5-7-9/h4-7,10H,13H2,1-3H3,(H,14,15). The number of nitrogen functional groups attached to an aromatic ring is 1. The number of carbonyl (C=O) groups is 1. The summed E-state index contributed by atoms with van der Waals surface area (Å²) in [5.41, 5.74) is 5.69. The Bertz CT molecular complexity index is 365. The molecule has 0 spiro atoms. The van der Waals surface area contributed by atoms with Crippen LogP contribution in [0, 0.1) is 5.41 Å². The Hall–Kier alpha value is -1.71. The number of anilines is 1. The van der Waals surface area contributed by atoms with Gasteiger partial charge < -0.3 is 15.6 Å². The van der Waals surface area contributed by atoms with Gasteiger partial charge in [0, 0.05) is 11.1 Å². The fourth-order valence-electron chi connectivity index (χ4n) is 1.28. The highest BCUT2D eigenvalue weighted by molar-refractivity contribution is 5.73. The van der Waals surface area contributed by atoms with Crippen molar-refractivity contribution in [1.29, 1.82) is 0 Å². The van der Waals surface area contributed by atoms with E-state index in [1.807, 2.05) is 20.8 Å². The number of carboxylic acids is 1. The number of benzene rings is 1. The van der Waals surface area contributed by atoms with Crippen LogP contribution in [0.25, 0.3) is 0 Å². The van der Waals surface area contributed by atoms with E-state index in [0.717, 1.165) is 0 Å². The monoisotopic (exact) mass is 223 g/mol. The largest absolute Gasteiger partial charge is 0.478 e. The second kappa shape index (κ2) is 4.43. The maximum Gasteiger partial charge on any atom is 0.345 e. The number of ether oxygens (including phenoxy) is 1. The predicted molar refractivity (Wildman–Crippen MR) is 62.4 cm³/mol. The maximum atomic E-state index is 11.1. The van der Waals surface area contributed by atoms with Crippen molar-refractivity contribution in [3.63, 3.8) is 0 Å². The molecular weight excluding hydrogens is 206 g/mol. The molecule has 0 fully saturated rings. The first-order valence-electron chi connectivity index (χ1n) is 5.05. The zero-order valence-electron chi connectivity index (χ0n) is 9.73. The SMILES string of the molecule is CC(C)(C)C(Oc1ccc(N)cc1)C(=O)O. The molecular formula is C12H17NO3. The van der Waals surface area contributed by atoms with Gasteiger partial charge >= 0.3 is 5.97 Å². The summed E-state index contributed by atoms with van der Waals surface area (Å²) in [5, 5.41) is 9.08. The average Bonchev–Trinajstić information content (AvgIpc) is 2.14. The summed E-state index contributed by atoms with van der Waals surface area (Å²) in [5.74, 6) is -0.458. The fraction of sp³-hybridized carbons (Fsp3) is 0.417. The number of aliphatic carboxylic acids is 1. The highest BCUT2D eigenvalue weighted by Crippen LogP contribution is 2.25. The van der Waals surface area contributed by atoms with Crippen molar-refractivity contribution in [2.45, 2.75) is 26.9 Å². The smallest absolute Gasteiger partial charge is 0.345 e. The van der Waals surface area contributed by atoms with Crippen LogP contribution in [0.4, 0.5) is 5.69 Å². The Morgan fingerprint density at radius 3 is 2.19 bits per heavy atom. The number of rotatable bonds is 3. The molecule has 0 saturated carbocycles. The van der Waals surface area contributed by atoms with Crippen LogP contribution in [0.3, 0.4) is 0 Å². The van der Waals surface area contributed by atoms with Gasteiger partial charge in [-0.15, -0.1) is 0 Å². The molecule has 1 aromatic rings. The molecule has 1 aromatic carbocycles. The van der Waals surface area contributed by atoms with Gasteiger partial charge in [0.15, 0.2) is 6.10 Å². The van der Waals surface area contributed by atoms with Crippen LogP contribution in [0.2, 0.25) is 0 Å². The van der Waals surface area contributed by atoms with Gasteiger partial charge in [-0.2, -0.15) is 0 Å². The molecule has 0 aliphatic rings. The van der Waals surface area contributed by atoms with Crippen molar-refractivity contribution in [3.05, 3.63) is 24.3 Å². The quantitative estimate of drug-likeness (QED) is 0.770. The second-order valence-corrected chi connectivity index (χ2v) is 4.77. The Kier molecular flexibility index (Phi) is 3.42. The van der Waals surface area contributed by atoms with E-state index < -0.39 is 17.5 Å². The lowest BCUT2D eigenvalue weighted by Gasteiger charge is -2.27. The molecule has 0 amide bonds. The van der Waals surface area contributed by atoms with E-state index in [9.17, 15) is 4.79 Å². The normalized spacial score (nSPS) is 13.2. The van der Waals surface area contributed by atoms with E-state index in [1.54, 1.807) is 24.3 Å². The molecule has 1 unspecified atom stereocenters. The highest BCUT2D eigenvalue weighted by Gasteiger charge is 2.33. The van der Waals surface area contributed by atoms with E-state index in [1.165, 1.54) is 0 Å². The molecule has 0 saturated heterocycles. The average molecular weight is 223 g/mol. The summed E-state index contributed by atoms with van der Waals surface area (Å²) in [4.78, 5) is 11.1. The van der Waals surface area contributed by atoms with Crippen LogP contribution >= 0.6 is 0 Å². The molecule has 0 aliphatic heterocycles. The van der Waals surface area contributed by atoms with E-state index in [0.29, 0.717) is 11.4 Å². The third kappa shape index (κ3) is 3.15. The lowest BCUT2D eigenvalue weighted by Crippen LogP contribution is -2.39. The van der Waals surface area contributed by atoms with Crippen LogP contribution in [-0.2, 0) is 4.79 Å². The van der Waals surface area contributed by atoms with Gasteiger partial charge in [0.05, 0.1) is 0 Å². The Morgan fingerprint density at radius 1 is 1.31 bits per heavy atom. The third-order valence-corrected chi connectivity index (χ3v) is 2.14. The van der Waals surface area contributed by atoms with Crippen molar-refractivity contribution >= 4 is 11.7 Å². The molecule has 1 rings (SSSR count). The Labute approximate surface area is 95.0 Å². The van der Waals surface area contributed by atoms with Crippen molar-refractivity contribution in [2.24, 2.45) is 5.41 Å². The minimum Gasteiger partial charge on any atom is -0.478 e. The first-order chi connectivity index (χ1) is 7.30. The Morgan fingerprint density at radius 2 is 1.81 bits per heavy atom. The molecule has 4 heteroatoms. The minimum atomic E-state index is -0.968. The number of hydrogen-bond donors (Lipinski definition) is 2. The van der Waals surface area contributed by atoms with E-state index in [2.05, 4.69) is 0 Å². The summed E-state index contributed by atoms with van der Waals surface area (Å²) in [6.45, 7) is 5.47. The molecule has 1 atom stereocenters. The number of carboxylic acid groups (broad SMARTS) is 1. The van der Waals surface area contributed by atoms with Gasteiger partial charge in [-0.1, -0.05) is 20.8 Å². The van der Waals surface area contributed by atoms with Crippen LogP contribution in [0.5, 0.6) is 5.75 Å². The summed E-state index contributed by atoms with van der Waals surface area (Å²) in [6, 6.07) is 6.68. The summed E-state index contributed by atoms with van der Waals surface area (Å²) >= 11 is 0. The molecule has 0 heterocycles. The number of hydrogen-bond acceptors (Lipinski definition) is 3. The summed E-state index contributed by atoms with van der Waals surface area (Å²) in [7, 11) is 0. The van der Waals surface area contributed by atoms with E-state index >= 15 is 0 Å². The molecule has 0 aliphatic carbocycles. The maximum absolute atomic E-state index is 11.1. The van der Waals surface area contributed by atoms with Gasteiger partial charge in [0.1, 0.15) is 5.75 Å². The zero-order valence-corrected chi connectivity index (χ0v) is 9.73. The summed E-state index contributed by atoms with van der Waals surface area (Å²) in [6.07, 6.45) is -0.879. The van der Waals surface area contributed by atoms with Crippen LogP contribution in [0.15, 0.2) is 24.3 Å². The second-order valence-electron chi connectivity index (χ2n) is 4.77. The van der Waals surface area contributed by atoms with Crippen LogP contribution in [-0.4, -0.2) is 17.2 Å². The fourth-order valence-corrected chi connectivity index (χ4v) is 1.28. The van der Waals surface area contributed by atoms with E-state index in [-0.39, 0.29) is 0 Å². The van der Waals surface area contributed by atoms with Crippen LogP contribution in [0.1, 0.15) is 20.8 Å². The number of nitrogens with two attached hydrogens (primary N) is 1. The lowest BCUT2D eigenvalue weighted by molar-refractivity contribution is -0.150. The molecule has 3 N–H and O–H groups in total. The van der Waals surface area contributed by atoms with Crippen LogP contribution < -0.4 is 10.5 Å². The summed E-state index contributed by atoms with van der Waals surface area (Å²) < 4.78 is 5.44. The van der Waals surface area contributed by atoms with Crippen molar-refractivity contribution in [1.82, 2.24) is 0 Å². The highest BCUT2D eigenvalue weighted by atomic mass is 16.5. The first-order valence-corrected chi connectivity index (χ1v) is 5.05. The molecule has 4 nitrogen and oxygen atoms in total. The predicted octanol–water partition coefficient (Wildman–Crippen LogP) is 2.15. The van der Waals surface area contributed by atoms with Gasteiger partial charge in [-0.05, 0) is 24.3 Å². The zero-order chi connectivity index (χ0) is 12.3. The Balaban J connectivity index is 2.84. The van der Waals surface area contributed by atoms with Gasteiger partial charge in [-0.25, -0.2) is 4.79 Å². The third-order valence-electron chi connectivity index (χ3n) is 2.14. The molecule has 0 radical (unpaired) electrons. The van der Waals surface area contributed by atoms with Crippen molar-refractivity contribution < 1.29 is 14.6 Å². The molecule has 0 aromatic heterocycles. The van der Waals surface area contributed by atoms with Gasteiger partial charge in [0.2, 0.25) is 0 Å². The first kappa shape index (κ1) is 12.4. The molecule has 88 valence electrons. The lowest BCUT2D eigenvalue weighted by atomic mass is 9.89. The topological polar surface area (TPSA) is 72.5 Å². The van der Waals surface area contributed by atoms with Crippen molar-refractivity contribution in [3.8, 4) is 5.75 Å². The molecule has 16 heavy (non-hydrogen) atoms. The van der Waals surface area contributed by atoms with Crippen molar-refractivity contribution in [2.75, 3.05) is 5.73 Å². The van der Waals surface area contributed by atoms with E-state index in [4.69, 9.17) is 15.6 Å². The molecule has 0 bridgehead atoms. The van der Waals surface area contributed by atoms with Gasteiger partial charge in [-0.3, -0.25) is 0 Å². The minimum absolute atomic E-state index is 0.465.